The number of hydrogen-bond donors (Lipinski definition) is 3. The molecule has 242 valence electrons. The quantitative estimate of drug-likeness (QED) is 0.171. The molecule has 3 aliphatic rings. The molecule has 0 radical (unpaired) electrons. The number of amides is 2. The zero-order valence-electron chi connectivity index (χ0n) is 26.8. The van der Waals surface area contributed by atoms with Crippen molar-refractivity contribution in [3.63, 3.8) is 0 Å². The SMILES string of the molecule is CCC(=Cc1ccc(NC(=O)C2(NC(=O)c3ccc4c(C5CCCCC5)c5n(c4c3)CCOc3ccccc3-5)CCC2)cc1)C(=O)O. The van der Waals surface area contributed by atoms with Crippen LogP contribution in [0.5, 0.6) is 5.75 Å². The maximum Gasteiger partial charge on any atom is 0.331 e. The number of carbonyl (C=O) groups excluding carboxylic acids is 2. The van der Waals surface area contributed by atoms with Crippen LogP contribution in [0, 0.1) is 0 Å². The molecule has 8 heteroatoms. The van der Waals surface area contributed by atoms with Crippen LogP contribution in [-0.2, 0) is 16.1 Å². The smallest absolute Gasteiger partial charge is 0.331 e. The lowest BCUT2D eigenvalue weighted by molar-refractivity contribution is -0.132. The molecule has 0 unspecified atom stereocenters. The van der Waals surface area contributed by atoms with E-state index in [4.69, 9.17) is 4.74 Å². The van der Waals surface area contributed by atoms with Crippen molar-refractivity contribution in [2.75, 3.05) is 11.9 Å². The van der Waals surface area contributed by atoms with Gasteiger partial charge in [0.15, 0.2) is 0 Å². The van der Waals surface area contributed by atoms with E-state index >= 15 is 0 Å². The minimum atomic E-state index is -0.987. The lowest BCUT2D eigenvalue weighted by atomic mass is 9.75. The molecule has 7 rings (SSSR count). The molecule has 2 saturated carbocycles. The molecule has 0 spiro atoms. The number of nitrogens with zero attached hydrogens (tertiary/aromatic N) is 1. The summed E-state index contributed by atoms with van der Waals surface area (Å²) < 4.78 is 8.53. The Balaban J connectivity index is 1.16. The van der Waals surface area contributed by atoms with Crippen molar-refractivity contribution in [2.45, 2.75) is 82.7 Å². The van der Waals surface area contributed by atoms with Crippen LogP contribution in [-0.4, -0.2) is 39.6 Å². The first-order valence-electron chi connectivity index (χ1n) is 16.9. The van der Waals surface area contributed by atoms with E-state index in [-0.39, 0.29) is 11.8 Å². The van der Waals surface area contributed by atoms with E-state index in [1.54, 1.807) is 37.3 Å². The monoisotopic (exact) mass is 631 g/mol. The van der Waals surface area contributed by atoms with Crippen LogP contribution in [0.3, 0.4) is 0 Å². The summed E-state index contributed by atoms with van der Waals surface area (Å²) in [5, 5.41) is 16.6. The Hall–Kier alpha value is -4.85. The number of carboxylic acids is 1. The van der Waals surface area contributed by atoms with E-state index in [9.17, 15) is 19.5 Å². The summed E-state index contributed by atoms with van der Waals surface area (Å²) in [4.78, 5) is 38.8. The van der Waals surface area contributed by atoms with Gasteiger partial charge in [-0.25, -0.2) is 4.79 Å². The average molecular weight is 632 g/mol. The van der Waals surface area contributed by atoms with Gasteiger partial charge >= 0.3 is 5.97 Å². The second-order valence-electron chi connectivity index (χ2n) is 13.1. The van der Waals surface area contributed by atoms with E-state index in [2.05, 4.69) is 33.4 Å². The van der Waals surface area contributed by atoms with Crippen molar-refractivity contribution in [1.82, 2.24) is 9.88 Å². The third-order valence-electron chi connectivity index (χ3n) is 10.3. The standard InChI is InChI=1S/C39H41N3O5/c1-2-26(37(44)45)23-25-13-16-29(17-14-25)40-38(46)39(19-8-20-39)41-36(43)28-15-18-30-32(24-28)42-21-22-47-33-12-7-6-11-31(33)35(42)34(30)27-9-4-3-5-10-27/h6-7,11-18,23-24,27H,2-5,8-10,19-22H2,1H3,(H,40,46)(H,41,43)(H,44,45). The molecule has 2 fully saturated rings. The summed E-state index contributed by atoms with van der Waals surface area (Å²) in [5.41, 5.74) is 5.92. The Kier molecular flexibility index (Phi) is 8.35. The summed E-state index contributed by atoms with van der Waals surface area (Å²) in [5.74, 6) is -0.0810. The first-order valence-corrected chi connectivity index (χ1v) is 16.9. The van der Waals surface area contributed by atoms with E-state index < -0.39 is 11.5 Å². The number of nitrogens with one attached hydrogen (secondary N) is 2. The highest BCUT2D eigenvalue weighted by molar-refractivity contribution is 6.06. The van der Waals surface area contributed by atoms with E-state index in [0.29, 0.717) is 55.2 Å². The molecule has 0 atom stereocenters. The largest absolute Gasteiger partial charge is 0.491 e. The number of anilines is 1. The van der Waals surface area contributed by atoms with Gasteiger partial charge in [0.1, 0.15) is 17.9 Å². The highest BCUT2D eigenvalue weighted by Crippen LogP contribution is 2.47. The Morgan fingerprint density at radius 1 is 0.979 bits per heavy atom. The number of benzene rings is 3. The van der Waals surface area contributed by atoms with Gasteiger partial charge in [-0.3, -0.25) is 9.59 Å². The van der Waals surface area contributed by atoms with Crippen molar-refractivity contribution >= 4 is 40.4 Å². The van der Waals surface area contributed by atoms with Gasteiger partial charge < -0.3 is 25.0 Å². The first kappa shape index (κ1) is 30.8. The lowest BCUT2D eigenvalue weighted by Crippen LogP contribution is -2.61. The topological polar surface area (TPSA) is 110 Å². The number of carbonyl (C=O) groups is 3. The zero-order chi connectivity index (χ0) is 32.5. The predicted octanol–water partition coefficient (Wildman–Crippen LogP) is 7.92. The van der Waals surface area contributed by atoms with E-state index in [1.807, 2.05) is 24.3 Å². The number of aromatic nitrogens is 1. The number of fused-ring (bicyclic) bond motifs is 5. The normalized spacial score (nSPS) is 17.4. The average Bonchev–Trinajstić information content (AvgIpc) is 3.27. The second-order valence-corrected chi connectivity index (χ2v) is 13.1. The molecule has 1 aliphatic heterocycles. The van der Waals surface area contributed by atoms with Crippen molar-refractivity contribution in [3.05, 3.63) is 89.0 Å². The zero-order valence-corrected chi connectivity index (χ0v) is 26.8. The lowest BCUT2D eigenvalue weighted by Gasteiger charge is -2.40. The second kappa shape index (κ2) is 12.7. The first-order chi connectivity index (χ1) is 22.9. The minimum Gasteiger partial charge on any atom is -0.491 e. The molecule has 0 bridgehead atoms. The molecule has 4 aromatic rings. The van der Waals surface area contributed by atoms with Gasteiger partial charge in [-0.15, -0.1) is 0 Å². The molecule has 3 aromatic carbocycles. The van der Waals surface area contributed by atoms with Crippen molar-refractivity contribution < 1.29 is 24.2 Å². The summed E-state index contributed by atoms with van der Waals surface area (Å²) in [6.07, 6.45) is 10.1. The molecule has 0 saturated heterocycles. The van der Waals surface area contributed by atoms with Gasteiger partial charge in [-0.2, -0.15) is 0 Å². The van der Waals surface area contributed by atoms with Crippen LogP contribution < -0.4 is 15.4 Å². The fraction of sp³-hybridized carbons (Fsp3) is 0.359. The summed E-state index contributed by atoms with van der Waals surface area (Å²) in [7, 11) is 0. The molecular formula is C39H41N3O5. The van der Waals surface area contributed by atoms with Crippen LogP contribution in [0.2, 0.25) is 0 Å². The Bertz CT molecular complexity index is 1880. The van der Waals surface area contributed by atoms with Gasteiger partial charge in [0, 0.05) is 33.3 Å². The van der Waals surface area contributed by atoms with E-state index in [0.717, 1.165) is 41.7 Å². The number of ether oxygens (including phenoxy) is 1. The molecule has 8 nitrogen and oxygen atoms in total. The number of carboxylic acid groups (broad SMARTS) is 1. The van der Waals surface area contributed by atoms with Gasteiger partial charge in [0.25, 0.3) is 5.91 Å². The fourth-order valence-electron chi connectivity index (χ4n) is 7.54. The Labute approximate surface area is 274 Å². The van der Waals surface area contributed by atoms with Crippen molar-refractivity contribution in [1.29, 1.82) is 0 Å². The van der Waals surface area contributed by atoms with Crippen molar-refractivity contribution in [3.8, 4) is 17.0 Å². The predicted molar refractivity (Wildman–Crippen MR) is 184 cm³/mol. The maximum atomic E-state index is 13.8. The maximum absolute atomic E-state index is 13.8. The third kappa shape index (κ3) is 5.81. The number of aliphatic carboxylic acids is 1. The fourth-order valence-corrected chi connectivity index (χ4v) is 7.54. The van der Waals surface area contributed by atoms with Crippen LogP contribution in [0.15, 0.2) is 72.3 Å². The number of para-hydroxylation sites is 1. The highest BCUT2D eigenvalue weighted by atomic mass is 16.5. The Morgan fingerprint density at radius 2 is 1.74 bits per heavy atom. The van der Waals surface area contributed by atoms with Gasteiger partial charge in [-0.05, 0) is 98.0 Å². The molecule has 47 heavy (non-hydrogen) atoms. The van der Waals surface area contributed by atoms with Gasteiger partial charge in [0.2, 0.25) is 5.91 Å². The Morgan fingerprint density at radius 3 is 2.45 bits per heavy atom. The molecule has 3 N–H and O–H groups in total. The molecule has 2 heterocycles. The third-order valence-corrected chi connectivity index (χ3v) is 10.3. The van der Waals surface area contributed by atoms with Crippen LogP contribution >= 0.6 is 0 Å². The number of hydrogen-bond acceptors (Lipinski definition) is 4. The molecule has 2 aliphatic carbocycles. The van der Waals surface area contributed by atoms with Gasteiger partial charge in [-0.1, -0.05) is 56.5 Å². The van der Waals surface area contributed by atoms with Crippen LogP contribution in [0.1, 0.15) is 92.1 Å². The molecular weight excluding hydrogens is 590 g/mol. The summed E-state index contributed by atoms with van der Waals surface area (Å²) in [6.45, 7) is 3.04. The van der Waals surface area contributed by atoms with Crippen molar-refractivity contribution in [2.24, 2.45) is 0 Å². The highest BCUT2D eigenvalue weighted by Gasteiger charge is 2.45. The molecule has 2 amide bonds. The van der Waals surface area contributed by atoms with Gasteiger partial charge in [0.05, 0.1) is 12.2 Å². The minimum absolute atomic E-state index is 0.244. The summed E-state index contributed by atoms with van der Waals surface area (Å²) >= 11 is 0. The van der Waals surface area contributed by atoms with Crippen LogP contribution in [0.25, 0.3) is 28.2 Å². The summed E-state index contributed by atoms with van der Waals surface area (Å²) in [6, 6.07) is 21.3. The van der Waals surface area contributed by atoms with Crippen LogP contribution in [0.4, 0.5) is 5.69 Å². The van der Waals surface area contributed by atoms with E-state index in [1.165, 1.54) is 35.9 Å². The molecule has 1 aromatic heterocycles. The number of rotatable bonds is 8.